The Balaban J connectivity index is 1.66. The molecule has 0 bridgehead atoms. The van der Waals surface area contributed by atoms with E-state index >= 15 is 0 Å². The van der Waals surface area contributed by atoms with E-state index in [9.17, 15) is 14.4 Å². The Morgan fingerprint density at radius 3 is 2.48 bits per heavy atom. The molecule has 25 heavy (non-hydrogen) atoms. The van der Waals surface area contributed by atoms with Crippen LogP contribution in [0.15, 0.2) is 54.6 Å². The lowest BCUT2D eigenvalue weighted by Crippen LogP contribution is -2.27. The van der Waals surface area contributed by atoms with Gasteiger partial charge in [-0.15, -0.1) is 0 Å². The van der Waals surface area contributed by atoms with Crippen LogP contribution in [0.5, 0.6) is 5.75 Å². The maximum Gasteiger partial charge on any atom is 0.316 e. The number of likely N-dealkylation sites (tertiary alicyclic amines) is 1. The first-order valence-corrected chi connectivity index (χ1v) is 8.18. The molecular weight excluding hydrogens is 318 g/mol. The number of amides is 1. The summed E-state index contributed by atoms with van der Waals surface area (Å²) in [4.78, 5) is 37.9. The van der Waals surface area contributed by atoms with Crippen molar-refractivity contribution in [1.82, 2.24) is 4.90 Å². The van der Waals surface area contributed by atoms with Crippen LogP contribution >= 0.6 is 0 Å². The molecule has 1 heterocycles. The molecule has 1 aliphatic rings. The van der Waals surface area contributed by atoms with Crippen LogP contribution in [0.25, 0.3) is 0 Å². The number of para-hydroxylation sites is 1. The highest BCUT2D eigenvalue weighted by atomic mass is 16.5. The molecular formula is C20H19NO4. The van der Waals surface area contributed by atoms with Crippen LogP contribution in [0, 0.1) is 5.92 Å². The van der Waals surface area contributed by atoms with Crippen LogP contribution in [0.3, 0.4) is 0 Å². The van der Waals surface area contributed by atoms with E-state index in [2.05, 4.69) is 0 Å². The third kappa shape index (κ3) is 3.94. The van der Waals surface area contributed by atoms with Gasteiger partial charge in [-0.3, -0.25) is 14.4 Å². The zero-order chi connectivity index (χ0) is 17.8. The van der Waals surface area contributed by atoms with Gasteiger partial charge in [-0.05, 0) is 24.6 Å². The van der Waals surface area contributed by atoms with Gasteiger partial charge >= 0.3 is 5.97 Å². The van der Waals surface area contributed by atoms with Gasteiger partial charge in [0.2, 0.25) is 5.91 Å². The first-order chi connectivity index (χ1) is 12.0. The van der Waals surface area contributed by atoms with Crippen LogP contribution < -0.4 is 4.74 Å². The van der Waals surface area contributed by atoms with Crippen LogP contribution in [0.1, 0.15) is 29.3 Å². The number of benzene rings is 2. The van der Waals surface area contributed by atoms with Crippen LogP contribution in [0.2, 0.25) is 0 Å². The number of nitrogens with zero attached hydrogens (tertiary/aromatic N) is 1. The molecule has 5 heteroatoms. The summed E-state index contributed by atoms with van der Waals surface area (Å²) in [5, 5.41) is 0. The van der Waals surface area contributed by atoms with E-state index in [1.54, 1.807) is 29.2 Å². The standard InChI is InChI=1S/C20H19NO4/c1-14(22)17-9-5-6-10-18(17)25-20(24)16-11-19(23)21(13-16)12-15-7-3-2-4-8-15/h2-10,16H,11-13H2,1H3/t16-/m1/s1. The predicted molar refractivity (Wildman–Crippen MR) is 92.0 cm³/mol. The van der Waals surface area contributed by atoms with E-state index < -0.39 is 11.9 Å². The van der Waals surface area contributed by atoms with Gasteiger partial charge in [0.15, 0.2) is 5.78 Å². The van der Waals surface area contributed by atoms with Gasteiger partial charge in [0.1, 0.15) is 5.75 Å². The number of ketones is 1. The second kappa shape index (κ2) is 7.30. The number of hydrogen-bond donors (Lipinski definition) is 0. The summed E-state index contributed by atoms with van der Waals surface area (Å²) in [6.07, 6.45) is 0.133. The van der Waals surface area contributed by atoms with E-state index in [-0.39, 0.29) is 23.9 Å². The quantitative estimate of drug-likeness (QED) is 0.478. The number of esters is 1. The number of Topliss-reactive ketones (excluding diaryl/α,β-unsaturated/α-hetero) is 1. The zero-order valence-corrected chi connectivity index (χ0v) is 14.0. The number of ether oxygens (including phenoxy) is 1. The molecule has 0 spiro atoms. The minimum absolute atomic E-state index is 0.0642. The highest BCUT2D eigenvalue weighted by molar-refractivity contribution is 5.97. The van der Waals surface area contributed by atoms with Gasteiger partial charge in [0, 0.05) is 19.5 Å². The summed E-state index contributed by atoms with van der Waals surface area (Å²) in [6, 6.07) is 16.3. The maximum atomic E-state index is 12.4. The topological polar surface area (TPSA) is 63.7 Å². The molecule has 2 aromatic rings. The molecule has 0 radical (unpaired) electrons. The molecule has 5 nitrogen and oxygen atoms in total. The Hall–Kier alpha value is -2.95. The normalized spacial score (nSPS) is 16.8. The van der Waals surface area contributed by atoms with Crippen molar-refractivity contribution in [3.63, 3.8) is 0 Å². The lowest BCUT2D eigenvalue weighted by molar-refractivity contribution is -0.139. The van der Waals surface area contributed by atoms with Crippen molar-refractivity contribution in [1.29, 1.82) is 0 Å². The number of rotatable bonds is 5. The smallest absolute Gasteiger partial charge is 0.316 e. The lowest BCUT2D eigenvalue weighted by Gasteiger charge is -2.16. The summed E-state index contributed by atoms with van der Waals surface area (Å²) in [6.45, 7) is 2.23. The Labute approximate surface area is 146 Å². The van der Waals surface area contributed by atoms with Gasteiger partial charge in [-0.25, -0.2) is 0 Å². The maximum absolute atomic E-state index is 12.4. The molecule has 2 aromatic carbocycles. The van der Waals surface area contributed by atoms with Crippen LogP contribution in [0.4, 0.5) is 0 Å². The molecule has 1 fully saturated rings. The van der Waals surface area contributed by atoms with Crippen molar-refractivity contribution in [3.05, 3.63) is 65.7 Å². The van der Waals surface area contributed by atoms with Gasteiger partial charge in [0.05, 0.1) is 11.5 Å². The fourth-order valence-electron chi connectivity index (χ4n) is 2.92. The SMILES string of the molecule is CC(=O)c1ccccc1OC(=O)[C@@H]1CC(=O)N(Cc2ccccc2)C1. The second-order valence-corrected chi connectivity index (χ2v) is 6.13. The van der Waals surface area contributed by atoms with Crippen molar-refractivity contribution in [2.45, 2.75) is 19.9 Å². The molecule has 0 aromatic heterocycles. The van der Waals surface area contributed by atoms with Crippen molar-refractivity contribution < 1.29 is 19.1 Å². The van der Waals surface area contributed by atoms with E-state index in [1.807, 2.05) is 30.3 Å². The van der Waals surface area contributed by atoms with Gasteiger partial charge in [-0.2, -0.15) is 0 Å². The first-order valence-electron chi connectivity index (χ1n) is 8.18. The fourth-order valence-corrected chi connectivity index (χ4v) is 2.92. The average Bonchev–Trinajstić information content (AvgIpc) is 2.97. The minimum atomic E-state index is -0.517. The molecule has 0 aliphatic carbocycles. The first kappa shape index (κ1) is 16.9. The van der Waals surface area contributed by atoms with Crippen molar-refractivity contribution in [3.8, 4) is 5.75 Å². The van der Waals surface area contributed by atoms with E-state index in [0.717, 1.165) is 5.56 Å². The molecule has 1 atom stereocenters. The Morgan fingerprint density at radius 1 is 1.08 bits per heavy atom. The highest BCUT2D eigenvalue weighted by Crippen LogP contribution is 2.24. The molecule has 1 aliphatic heterocycles. The molecule has 128 valence electrons. The Bertz CT molecular complexity index is 800. The van der Waals surface area contributed by atoms with Crippen LogP contribution in [-0.4, -0.2) is 29.1 Å². The molecule has 1 saturated heterocycles. The van der Waals surface area contributed by atoms with Gasteiger partial charge < -0.3 is 9.64 Å². The minimum Gasteiger partial charge on any atom is -0.425 e. The average molecular weight is 337 g/mol. The molecule has 1 amide bonds. The van der Waals surface area contributed by atoms with Crippen LogP contribution in [-0.2, 0) is 16.1 Å². The van der Waals surface area contributed by atoms with Gasteiger partial charge in [0.25, 0.3) is 0 Å². The monoisotopic (exact) mass is 337 g/mol. The Morgan fingerprint density at radius 2 is 1.76 bits per heavy atom. The third-order valence-electron chi connectivity index (χ3n) is 4.24. The lowest BCUT2D eigenvalue weighted by atomic mass is 10.1. The zero-order valence-electron chi connectivity index (χ0n) is 14.0. The van der Waals surface area contributed by atoms with Crippen molar-refractivity contribution >= 4 is 17.7 Å². The van der Waals surface area contributed by atoms with E-state index in [1.165, 1.54) is 6.92 Å². The number of carbonyl (C=O) groups excluding carboxylic acids is 3. The number of hydrogen-bond acceptors (Lipinski definition) is 4. The molecule has 0 saturated carbocycles. The highest BCUT2D eigenvalue weighted by Gasteiger charge is 2.35. The van der Waals surface area contributed by atoms with E-state index in [0.29, 0.717) is 18.7 Å². The van der Waals surface area contributed by atoms with E-state index in [4.69, 9.17) is 4.74 Å². The predicted octanol–water partition coefficient (Wildman–Crippen LogP) is 2.84. The molecule has 3 rings (SSSR count). The fraction of sp³-hybridized carbons (Fsp3) is 0.250. The van der Waals surface area contributed by atoms with Gasteiger partial charge in [-0.1, -0.05) is 42.5 Å². The van der Waals surface area contributed by atoms with Crippen molar-refractivity contribution in [2.75, 3.05) is 6.54 Å². The summed E-state index contributed by atoms with van der Waals surface area (Å²) < 4.78 is 5.40. The summed E-state index contributed by atoms with van der Waals surface area (Å²) in [5.74, 6) is -0.981. The Kier molecular flexibility index (Phi) is 4.93. The molecule has 0 unspecified atom stereocenters. The third-order valence-corrected chi connectivity index (χ3v) is 4.24. The summed E-state index contributed by atoms with van der Waals surface area (Å²) in [7, 11) is 0. The number of carbonyl (C=O) groups is 3. The molecule has 0 N–H and O–H groups in total. The summed E-state index contributed by atoms with van der Waals surface area (Å²) >= 11 is 0. The largest absolute Gasteiger partial charge is 0.425 e. The van der Waals surface area contributed by atoms with Crippen molar-refractivity contribution in [2.24, 2.45) is 5.92 Å². The second-order valence-electron chi connectivity index (χ2n) is 6.13. The summed E-state index contributed by atoms with van der Waals surface area (Å²) in [5.41, 5.74) is 1.38.